The van der Waals surface area contributed by atoms with Gasteiger partial charge in [-0.15, -0.1) is 0 Å². The van der Waals surface area contributed by atoms with E-state index in [1.54, 1.807) is 17.0 Å². The van der Waals surface area contributed by atoms with Crippen LogP contribution < -0.4 is 4.90 Å². The Morgan fingerprint density at radius 2 is 1.86 bits per heavy atom. The van der Waals surface area contributed by atoms with Crippen LogP contribution in [0.3, 0.4) is 0 Å². The SMILES string of the molecule is O=C(OC1CCCC1)N1CCN(c2ccc(-c3noc(C(F)(F)F)n3)cn2)CC1. The van der Waals surface area contributed by atoms with Gasteiger partial charge in [0.05, 0.1) is 0 Å². The number of hydrogen-bond acceptors (Lipinski definition) is 7. The fraction of sp³-hybridized carbons (Fsp3) is 0.556. The molecular weight excluding hydrogens is 391 g/mol. The number of amides is 1. The van der Waals surface area contributed by atoms with E-state index in [9.17, 15) is 18.0 Å². The zero-order valence-electron chi connectivity index (χ0n) is 15.6. The molecule has 156 valence electrons. The summed E-state index contributed by atoms with van der Waals surface area (Å²) in [5, 5.41) is 3.35. The number of ether oxygens (including phenoxy) is 1. The smallest absolute Gasteiger partial charge is 0.446 e. The largest absolute Gasteiger partial charge is 0.471 e. The van der Waals surface area contributed by atoms with Gasteiger partial charge in [0.1, 0.15) is 11.9 Å². The molecule has 0 aromatic carbocycles. The summed E-state index contributed by atoms with van der Waals surface area (Å²) in [5.41, 5.74) is 0.326. The van der Waals surface area contributed by atoms with Crippen LogP contribution in [0.25, 0.3) is 11.4 Å². The van der Waals surface area contributed by atoms with Gasteiger partial charge in [0, 0.05) is 37.9 Å². The number of halogens is 3. The van der Waals surface area contributed by atoms with Crippen LogP contribution >= 0.6 is 0 Å². The lowest BCUT2D eigenvalue weighted by Gasteiger charge is -2.35. The number of alkyl halides is 3. The van der Waals surface area contributed by atoms with Crippen LogP contribution in [0.15, 0.2) is 22.9 Å². The van der Waals surface area contributed by atoms with E-state index in [-0.39, 0.29) is 18.0 Å². The lowest BCUT2D eigenvalue weighted by atomic mass is 10.2. The maximum absolute atomic E-state index is 12.6. The minimum absolute atomic E-state index is 0.0396. The topological polar surface area (TPSA) is 84.6 Å². The number of aromatic nitrogens is 3. The average molecular weight is 411 g/mol. The highest BCUT2D eigenvalue weighted by Gasteiger charge is 2.38. The van der Waals surface area contributed by atoms with Crippen LogP contribution in [0.2, 0.25) is 0 Å². The van der Waals surface area contributed by atoms with Crippen LogP contribution in [0.4, 0.5) is 23.8 Å². The summed E-state index contributed by atoms with van der Waals surface area (Å²) < 4.78 is 47.5. The first kappa shape index (κ1) is 19.5. The van der Waals surface area contributed by atoms with E-state index in [4.69, 9.17) is 4.74 Å². The molecule has 1 amide bonds. The molecule has 1 saturated carbocycles. The van der Waals surface area contributed by atoms with E-state index in [2.05, 4.69) is 19.6 Å². The van der Waals surface area contributed by atoms with Crippen LogP contribution in [0.5, 0.6) is 0 Å². The molecule has 29 heavy (non-hydrogen) atoms. The third kappa shape index (κ3) is 4.43. The zero-order valence-corrected chi connectivity index (χ0v) is 15.6. The molecule has 0 radical (unpaired) electrons. The third-order valence-electron chi connectivity index (χ3n) is 5.11. The molecule has 11 heteroatoms. The quantitative estimate of drug-likeness (QED) is 0.766. The Labute approximate surface area is 164 Å². The van der Waals surface area contributed by atoms with Gasteiger partial charge in [0.15, 0.2) is 0 Å². The average Bonchev–Trinajstić information content (AvgIpc) is 3.40. The molecule has 0 atom stereocenters. The number of piperazine rings is 1. The second-order valence-electron chi connectivity index (χ2n) is 7.09. The first-order chi connectivity index (χ1) is 13.9. The molecule has 2 aliphatic rings. The fourth-order valence-corrected chi connectivity index (χ4v) is 3.50. The Bertz CT molecular complexity index is 841. The van der Waals surface area contributed by atoms with Gasteiger partial charge in [-0.3, -0.25) is 0 Å². The number of carbonyl (C=O) groups is 1. The molecule has 2 fully saturated rings. The number of nitrogens with zero attached hydrogens (tertiary/aromatic N) is 5. The molecule has 8 nitrogen and oxygen atoms in total. The Morgan fingerprint density at radius 3 is 2.45 bits per heavy atom. The van der Waals surface area contributed by atoms with Crippen molar-refractivity contribution >= 4 is 11.9 Å². The summed E-state index contributed by atoms with van der Waals surface area (Å²) in [4.78, 5) is 23.6. The Morgan fingerprint density at radius 1 is 1.14 bits per heavy atom. The van der Waals surface area contributed by atoms with E-state index >= 15 is 0 Å². The fourth-order valence-electron chi connectivity index (χ4n) is 3.50. The van der Waals surface area contributed by atoms with Crippen molar-refractivity contribution in [3.8, 4) is 11.4 Å². The lowest BCUT2D eigenvalue weighted by Crippen LogP contribution is -2.49. The van der Waals surface area contributed by atoms with Crippen molar-refractivity contribution in [3.05, 3.63) is 24.2 Å². The summed E-state index contributed by atoms with van der Waals surface area (Å²) in [5.74, 6) is -0.898. The van der Waals surface area contributed by atoms with Crippen molar-refractivity contribution in [1.29, 1.82) is 0 Å². The minimum Gasteiger partial charge on any atom is -0.446 e. The summed E-state index contributed by atoms with van der Waals surface area (Å²) in [6, 6.07) is 3.28. The number of carbonyl (C=O) groups excluding carboxylic acids is 1. The lowest BCUT2D eigenvalue weighted by molar-refractivity contribution is -0.159. The van der Waals surface area contributed by atoms with Crippen LogP contribution in [0, 0.1) is 0 Å². The third-order valence-corrected chi connectivity index (χ3v) is 5.11. The molecular formula is C18H20F3N5O3. The Hall–Kier alpha value is -2.85. The van der Waals surface area contributed by atoms with Crippen LogP contribution in [-0.4, -0.2) is 58.4 Å². The van der Waals surface area contributed by atoms with Crippen molar-refractivity contribution < 1.29 is 27.2 Å². The van der Waals surface area contributed by atoms with Gasteiger partial charge in [-0.1, -0.05) is 5.16 Å². The molecule has 0 spiro atoms. The van der Waals surface area contributed by atoms with Crippen LogP contribution in [-0.2, 0) is 10.9 Å². The van der Waals surface area contributed by atoms with E-state index < -0.39 is 12.1 Å². The Balaban J connectivity index is 1.33. The second kappa shape index (κ2) is 7.88. The molecule has 1 aliphatic carbocycles. The molecule has 2 aromatic rings. The molecule has 2 aromatic heterocycles. The number of anilines is 1. The van der Waals surface area contributed by atoms with E-state index in [0.717, 1.165) is 25.7 Å². The van der Waals surface area contributed by atoms with Crippen molar-refractivity contribution in [2.45, 2.75) is 38.0 Å². The van der Waals surface area contributed by atoms with Crippen molar-refractivity contribution in [2.24, 2.45) is 0 Å². The van der Waals surface area contributed by atoms with Gasteiger partial charge in [-0.25, -0.2) is 9.78 Å². The highest BCUT2D eigenvalue weighted by molar-refractivity contribution is 5.68. The standard InChI is InChI=1S/C18H20F3N5O3/c19-18(20,21)16-23-15(24-29-16)12-5-6-14(22-11-12)25-7-9-26(10-8-25)17(27)28-13-3-1-2-4-13/h5-6,11,13H,1-4,7-10H2. The van der Waals surface area contributed by atoms with Crippen molar-refractivity contribution in [2.75, 3.05) is 31.1 Å². The summed E-state index contributed by atoms with van der Waals surface area (Å²) in [6.07, 6.45) is 0.580. The molecule has 4 rings (SSSR count). The molecule has 1 aliphatic heterocycles. The van der Waals surface area contributed by atoms with E-state index in [0.29, 0.717) is 37.6 Å². The van der Waals surface area contributed by atoms with Gasteiger partial charge in [0.2, 0.25) is 5.82 Å². The molecule has 0 N–H and O–H groups in total. The highest BCUT2D eigenvalue weighted by atomic mass is 19.4. The molecule has 0 unspecified atom stereocenters. The monoisotopic (exact) mass is 411 g/mol. The van der Waals surface area contributed by atoms with E-state index in [1.807, 2.05) is 4.90 Å². The van der Waals surface area contributed by atoms with Gasteiger partial charge >= 0.3 is 18.2 Å². The first-order valence-electron chi connectivity index (χ1n) is 9.48. The van der Waals surface area contributed by atoms with Crippen LogP contribution in [0.1, 0.15) is 31.6 Å². The first-order valence-corrected chi connectivity index (χ1v) is 9.48. The number of pyridine rings is 1. The zero-order chi connectivity index (χ0) is 20.4. The van der Waals surface area contributed by atoms with Gasteiger partial charge in [-0.05, 0) is 37.8 Å². The predicted molar refractivity (Wildman–Crippen MR) is 95.1 cm³/mol. The normalized spacial score (nSPS) is 18.3. The van der Waals surface area contributed by atoms with Gasteiger partial charge in [0.25, 0.3) is 0 Å². The van der Waals surface area contributed by atoms with E-state index in [1.165, 1.54) is 6.20 Å². The highest BCUT2D eigenvalue weighted by Crippen LogP contribution is 2.29. The van der Waals surface area contributed by atoms with Gasteiger partial charge < -0.3 is 19.1 Å². The van der Waals surface area contributed by atoms with Crippen molar-refractivity contribution in [1.82, 2.24) is 20.0 Å². The maximum Gasteiger partial charge on any atom is 0.471 e. The number of hydrogen-bond donors (Lipinski definition) is 0. The second-order valence-corrected chi connectivity index (χ2v) is 7.09. The summed E-state index contributed by atoms with van der Waals surface area (Å²) in [6.45, 7) is 2.22. The Kier molecular flexibility index (Phi) is 5.29. The molecule has 3 heterocycles. The maximum atomic E-state index is 12.6. The summed E-state index contributed by atoms with van der Waals surface area (Å²) in [7, 11) is 0. The molecule has 1 saturated heterocycles. The molecule has 0 bridgehead atoms. The number of rotatable bonds is 3. The van der Waals surface area contributed by atoms with Gasteiger partial charge in [-0.2, -0.15) is 18.2 Å². The predicted octanol–water partition coefficient (Wildman–Crippen LogP) is 3.35. The summed E-state index contributed by atoms with van der Waals surface area (Å²) >= 11 is 0. The van der Waals surface area contributed by atoms with Crippen molar-refractivity contribution in [3.63, 3.8) is 0 Å². The minimum atomic E-state index is -4.68.